The number of hydrogen-bond donors (Lipinski definition) is 2. The molecule has 1 aromatic carbocycles. The van der Waals surface area contributed by atoms with E-state index in [0.717, 1.165) is 22.3 Å². The maximum atomic E-state index is 11.8. The zero-order chi connectivity index (χ0) is 11.1. The van der Waals surface area contributed by atoms with Crippen molar-refractivity contribution < 1.29 is 4.79 Å². The highest BCUT2D eigenvalue weighted by atomic mass is 79.9. The number of carbonyl (C=O) groups excluding carboxylic acids is 1. The van der Waals surface area contributed by atoms with E-state index in [0.29, 0.717) is 0 Å². The van der Waals surface area contributed by atoms with E-state index in [2.05, 4.69) is 26.6 Å². The Morgan fingerprint density at radius 1 is 1.40 bits per heavy atom. The Morgan fingerprint density at radius 2 is 2.13 bits per heavy atom. The van der Waals surface area contributed by atoms with Gasteiger partial charge in [-0.3, -0.25) is 4.79 Å². The second-order valence-electron chi connectivity index (χ2n) is 3.95. The molecule has 1 heterocycles. The summed E-state index contributed by atoms with van der Waals surface area (Å²) in [6, 6.07) is 5.78. The second-order valence-corrected chi connectivity index (χ2v) is 4.87. The maximum Gasteiger partial charge on any atom is 0.249 e. The predicted octanol–water partition coefficient (Wildman–Crippen LogP) is 2.98. The summed E-state index contributed by atoms with van der Waals surface area (Å²) in [7, 11) is 0. The number of halogens is 1. The van der Waals surface area contributed by atoms with Crippen molar-refractivity contribution in [1.82, 2.24) is 0 Å². The summed E-state index contributed by atoms with van der Waals surface area (Å²) in [6.45, 7) is 3.90. The molecular weight excluding hydrogens is 256 g/mol. The molecule has 0 fully saturated rings. The van der Waals surface area contributed by atoms with Crippen molar-refractivity contribution in [2.75, 3.05) is 10.6 Å². The van der Waals surface area contributed by atoms with Crippen molar-refractivity contribution in [3.05, 3.63) is 22.7 Å². The Balaban J connectivity index is 2.43. The van der Waals surface area contributed by atoms with Gasteiger partial charge in [0.1, 0.15) is 5.54 Å². The van der Waals surface area contributed by atoms with Crippen LogP contribution < -0.4 is 10.6 Å². The lowest BCUT2D eigenvalue weighted by molar-refractivity contribution is -0.120. The average molecular weight is 269 g/mol. The molecule has 2 rings (SSSR count). The summed E-state index contributed by atoms with van der Waals surface area (Å²) >= 11 is 3.41. The third-order valence-corrected chi connectivity index (χ3v) is 3.34. The van der Waals surface area contributed by atoms with E-state index in [1.54, 1.807) is 0 Å². The average Bonchev–Trinajstić information content (AvgIpc) is 2.20. The van der Waals surface area contributed by atoms with Gasteiger partial charge in [-0.1, -0.05) is 22.9 Å². The van der Waals surface area contributed by atoms with Crippen LogP contribution in [-0.4, -0.2) is 11.4 Å². The molecule has 80 valence electrons. The Hall–Kier alpha value is -1.03. The molecule has 15 heavy (non-hydrogen) atoms. The normalized spacial score (nSPS) is 24.1. The first-order valence-electron chi connectivity index (χ1n) is 4.94. The lowest BCUT2D eigenvalue weighted by atomic mass is 9.94. The van der Waals surface area contributed by atoms with Gasteiger partial charge in [-0.25, -0.2) is 0 Å². The number of fused-ring (bicyclic) bond motifs is 1. The van der Waals surface area contributed by atoms with Crippen LogP contribution in [0.15, 0.2) is 22.7 Å². The molecule has 4 heteroatoms. The number of anilines is 2. The first-order chi connectivity index (χ1) is 7.05. The van der Waals surface area contributed by atoms with E-state index in [1.165, 1.54) is 0 Å². The molecule has 1 unspecified atom stereocenters. The van der Waals surface area contributed by atoms with Crippen LogP contribution in [0.1, 0.15) is 20.3 Å². The van der Waals surface area contributed by atoms with Crippen molar-refractivity contribution in [1.29, 1.82) is 0 Å². The summed E-state index contributed by atoms with van der Waals surface area (Å²) in [4.78, 5) is 11.8. The molecule has 0 spiro atoms. The molecular formula is C11H13BrN2O. The van der Waals surface area contributed by atoms with Crippen molar-refractivity contribution in [3.8, 4) is 0 Å². The minimum atomic E-state index is -0.506. The van der Waals surface area contributed by atoms with Gasteiger partial charge in [0.05, 0.1) is 11.4 Å². The Bertz CT molecular complexity index is 419. The standard InChI is InChI=1S/C11H13BrN2O/c1-3-11(2)10(15)13-8-5-4-7(12)6-9(8)14-11/h4-6,14H,3H2,1-2H3,(H,13,15). The highest BCUT2D eigenvalue weighted by Gasteiger charge is 2.35. The topological polar surface area (TPSA) is 41.1 Å². The Kier molecular flexibility index (Phi) is 2.46. The van der Waals surface area contributed by atoms with Gasteiger partial charge in [0.15, 0.2) is 0 Å². The van der Waals surface area contributed by atoms with Gasteiger partial charge >= 0.3 is 0 Å². The highest BCUT2D eigenvalue weighted by molar-refractivity contribution is 9.10. The van der Waals surface area contributed by atoms with E-state index >= 15 is 0 Å². The van der Waals surface area contributed by atoms with E-state index < -0.39 is 5.54 Å². The molecule has 1 aliphatic heterocycles. The molecule has 1 aliphatic rings. The molecule has 0 saturated carbocycles. The molecule has 0 aromatic heterocycles. The van der Waals surface area contributed by atoms with Gasteiger partial charge in [0.25, 0.3) is 0 Å². The van der Waals surface area contributed by atoms with Crippen molar-refractivity contribution in [3.63, 3.8) is 0 Å². The zero-order valence-corrected chi connectivity index (χ0v) is 10.3. The van der Waals surface area contributed by atoms with Gasteiger partial charge in [-0.2, -0.15) is 0 Å². The molecule has 2 N–H and O–H groups in total. The highest BCUT2D eigenvalue weighted by Crippen LogP contribution is 2.34. The predicted molar refractivity (Wildman–Crippen MR) is 65.1 cm³/mol. The van der Waals surface area contributed by atoms with Crippen LogP contribution in [0.25, 0.3) is 0 Å². The Labute approximate surface area is 97.4 Å². The van der Waals surface area contributed by atoms with Crippen LogP contribution in [0.4, 0.5) is 11.4 Å². The lowest BCUT2D eigenvalue weighted by Crippen LogP contribution is -2.49. The van der Waals surface area contributed by atoms with Crippen molar-refractivity contribution in [2.24, 2.45) is 0 Å². The van der Waals surface area contributed by atoms with E-state index in [-0.39, 0.29) is 5.91 Å². The number of amides is 1. The second kappa shape index (κ2) is 3.52. The number of rotatable bonds is 1. The van der Waals surface area contributed by atoms with E-state index in [9.17, 15) is 4.79 Å². The fourth-order valence-corrected chi connectivity index (χ4v) is 1.95. The van der Waals surface area contributed by atoms with Crippen LogP contribution in [0.3, 0.4) is 0 Å². The summed E-state index contributed by atoms with van der Waals surface area (Å²) in [5.41, 5.74) is 1.30. The van der Waals surface area contributed by atoms with Crippen LogP contribution in [-0.2, 0) is 4.79 Å². The van der Waals surface area contributed by atoms with Gasteiger partial charge in [-0.15, -0.1) is 0 Å². The first kappa shape index (κ1) is 10.5. The summed E-state index contributed by atoms with van der Waals surface area (Å²) < 4.78 is 1.00. The van der Waals surface area contributed by atoms with Crippen molar-refractivity contribution in [2.45, 2.75) is 25.8 Å². The SMILES string of the molecule is CCC1(C)Nc2cc(Br)ccc2NC1=O. The van der Waals surface area contributed by atoms with Gasteiger partial charge in [0, 0.05) is 4.47 Å². The maximum absolute atomic E-state index is 11.8. The molecule has 3 nitrogen and oxygen atoms in total. The van der Waals surface area contributed by atoms with Gasteiger partial charge < -0.3 is 10.6 Å². The fraction of sp³-hybridized carbons (Fsp3) is 0.364. The van der Waals surface area contributed by atoms with E-state index in [1.807, 2.05) is 32.0 Å². The molecule has 1 atom stereocenters. The number of nitrogens with one attached hydrogen (secondary N) is 2. The van der Waals surface area contributed by atoms with E-state index in [4.69, 9.17) is 0 Å². The lowest BCUT2D eigenvalue weighted by Gasteiger charge is -2.35. The number of benzene rings is 1. The van der Waals surface area contributed by atoms with Crippen LogP contribution >= 0.6 is 15.9 Å². The third-order valence-electron chi connectivity index (χ3n) is 2.85. The van der Waals surface area contributed by atoms with Crippen LogP contribution in [0.2, 0.25) is 0 Å². The monoisotopic (exact) mass is 268 g/mol. The molecule has 0 bridgehead atoms. The zero-order valence-electron chi connectivity index (χ0n) is 8.73. The van der Waals surface area contributed by atoms with Gasteiger partial charge in [-0.05, 0) is 31.5 Å². The van der Waals surface area contributed by atoms with Crippen LogP contribution in [0.5, 0.6) is 0 Å². The van der Waals surface area contributed by atoms with Crippen LogP contribution in [0, 0.1) is 0 Å². The quantitative estimate of drug-likeness (QED) is 0.822. The summed E-state index contributed by atoms with van der Waals surface area (Å²) in [5.74, 6) is 0.0276. The summed E-state index contributed by atoms with van der Waals surface area (Å²) in [5, 5.41) is 6.18. The molecule has 0 saturated heterocycles. The summed E-state index contributed by atoms with van der Waals surface area (Å²) in [6.07, 6.45) is 0.755. The largest absolute Gasteiger partial charge is 0.370 e. The number of hydrogen-bond acceptors (Lipinski definition) is 2. The Morgan fingerprint density at radius 3 is 2.80 bits per heavy atom. The fourth-order valence-electron chi connectivity index (χ4n) is 1.59. The van der Waals surface area contributed by atoms with Gasteiger partial charge in [0.2, 0.25) is 5.91 Å². The molecule has 1 amide bonds. The minimum absolute atomic E-state index is 0.0276. The first-order valence-corrected chi connectivity index (χ1v) is 5.73. The molecule has 0 radical (unpaired) electrons. The molecule has 0 aliphatic carbocycles. The molecule has 1 aromatic rings. The van der Waals surface area contributed by atoms with Crippen molar-refractivity contribution >= 4 is 33.2 Å². The number of carbonyl (C=O) groups is 1. The minimum Gasteiger partial charge on any atom is -0.370 e. The smallest absolute Gasteiger partial charge is 0.249 e. The third kappa shape index (κ3) is 1.74.